The first kappa shape index (κ1) is 19.0. The van der Waals surface area contributed by atoms with Crippen LogP contribution in [-0.4, -0.2) is 36.8 Å². The number of nitrogens with zero attached hydrogens (tertiary/aromatic N) is 1. The number of sulfonamides is 1. The first-order chi connectivity index (χ1) is 12.1. The summed E-state index contributed by atoms with van der Waals surface area (Å²) in [5, 5.41) is 0.524. The minimum absolute atomic E-state index is 0.0873. The third-order valence-electron chi connectivity index (χ3n) is 4.15. The Bertz CT molecular complexity index is 942. The van der Waals surface area contributed by atoms with Gasteiger partial charge in [-0.15, -0.1) is 0 Å². The molecule has 2 aliphatic heterocycles. The maximum atomic E-state index is 13.0. The molecule has 0 aliphatic carbocycles. The number of hydrogen-bond donors (Lipinski definition) is 0. The fourth-order valence-corrected chi connectivity index (χ4v) is 4.87. The number of ketones is 1. The van der Waals surface area contributed by atoms with Crippen LogP contribution in [0, 0.1) is 0 Å². The molecule has 1 fully saturated rings. The number of Topliss-reactive ketones (excluding diaryl/α,β-unsaturated/α-hetero) is 1. The lowest BCUT2D eigenvalue weighted by Crippen LogP contribution is -2.33. The van der Waals surface area contributed by atoms with E-state index in [1.54, 1.807) is 6.07 Å². The molecular weight excluding hydrogens is 405 g/mol. The molecule has 10 heteroatoms. The van der Waals surface area contributed by atoms with E-state index in [0.29, 0.717) is 11.4 Å². The predicted octanol–water partition coefficient (Wildman–Crippen LogP) is 2.58. The van der Waals surface area contributed by atoms with Gasteiger partial charge in [-0.2, -0.15) is 0 Å². The predicted molar refractivity (Wildman–Crippen MR) is 93.8 cm³/mol. The van der Waals surface area contributed by atoms with Gasteiger partial charge in [0.1, 0.15) is 0 Å². The fraction of sp³-hybridized carbons (Fsp3) is 0.375. The van der Waals surface area contributed by atoms with Crippen LogP contribution in [0.3, 0.4) is 0 Å². The monoisotopic (exact) mass is 419 g/mol. The first-order valence-electron chi connectivity index (χ1n) is 7.69. The zero-order chi connectivity index (χ0) is 19.3. The van der Waals surface area contributed by atoms with Crippen LogP contribution < -0.4 is 0 Å². The number of carbonyl (C=O) groups excluding carboxylic acids is 2. The van der Waals surface area contributed by atoms with Gasteiger partial charge in [0.2, 0.25) is 21.4 Å². The van der Waals surface area contributed by atoms with E-state index in [1.807, 2.05) is 0 Å². The highest BCUT2D eigenvalue weighted by Crippen LogP contribution is 2.44. The standard InChI is InChI=1S/C16H15Cl2NO6S/c1-9(20)24-13-14(21)16(2,11-8-10(17)4-5-12(11)18)25-15(13)19-6-3-7-26(19,22)23/h4-5,8H,3,6-7H2,1-2H3. The summed E-state index contributed by atoms with van der Waals surface area (Å²) in [4.78, 5) is 24.5. The zero-order valence-electron chi connectivity index (χ0n) is 13.9. The van der Waals surface area contributed by atoms with Crippen molar-refractivity contribution in [2.45, 2.75) is 25.9 Å². The molecule has 0 amide bonds. The van der Waals surface area contributed by atoms with E-state index in [1.165, 1.54) is 19.1 Å². The van der Waals surface area contributed by atoms with Crippen molar-refractivity contribution in [3.05, 3.63) is 45.5 Å². The van der Waals surface area contributed by atoms with Gasteiger partial charge in [0.05, 0.1) is 5.75 Å². The molecular formula is C16H15Cl2NO6S. The number of hydrogen-bond acceptors (Lipinski definition) is 6. The van der Waals surface area contributed by atoms with E-state index in [-0.39, 0.29) is 28.8 Å². The van der Waals surface area contributed by atoms with E-state index in [2.05, 4.69) is 0 Å². The molecule has 140 valence electrons. The molecule has 3 rings (SSSR count). The Morgan fingerprint density at radius 2 is 2.04 bits per heavy atom. The largest absolute Gasteiger partial charge is 0.456 e. The van der Waals surface area contributed by atoms with Gasteiger partial charge in [-0.25, -0.2) is 12.7 Å². The second-order valence-corrected chi connectivity index (χ2v) is 8.91. The van der Waals surface area contributed by atoms with Crippen molar-refractivity contribution >= 4 is 45.0 Å². The van der Waals surface area contributed by atoms with Crippen LogP contribution in [0.2, 0.25) is 10.0 Å². The third-order valence-corrected chi connectivity index (χ3v) is 6.54. The summed E-state index contributed by atoms with van der Waals surface area (Å²) in [7, 11) is -3.67. The minimum atomic E-state index is -3.67. The molecule has 0 spiro atoms. The Morgan fingerprint density at radius 1 is 1.35 bits per heavy atom. The Kier molecular flexibility index (Phi) is 4.71. The van der Waals surface area contributed by atoms with Crippen molar-refractivity contribution in [1.82, 2.24) is 4.31 Å². The number of benzene rings is 1. The molecule has 7 nitrogen and oxygen atoms in total. The van der Waals surface area contributed by atoms with Gasteiger partial charge >= 0.3 is 5.97 Å². The summed E-state index contributed by atoms with van der Waals surface area (Å²) >= 11 is 12.2. The number of rotatable bonds is 3. The van der Waals surface area contributed by atoms with E-state index < -0.39 is 33.1 Å². The van der Waals surface area contributed by atoms with Crippen molar-refractivity contribution < 1.29 is 27.5 Å². The van der Waals surface area contributed by atoms with Crippen molar-refractivity contribution in [3.8, 4) is 0 Å². The molecule has 2 heterocycles. The summed E-state index contributed by atoms with van der Waals surface area (Å²) in [6.07, 6.45) is 0.366. The van der Waals surface area contributed by atoms with Crippen LogP contribution in [0.25, 0.3) is 0 Å². The fourth-order valence-electron chi connectivity index (χ4n) is 2.91. The van der Waals surface area contributed by atoms with Gasteiger partial charge in [0.15, 0.2) is 0 Å². The summed E-state index contributed by atoms with van der Waals surface area (Å²) in [5.41, 5.74) is -1.44. The van der Waals surface area contributed by atoms with Crippen molar-refractivity contribution in [2.24, 2.45) is 0 Å². The van der Waals surface area contributed by atoms with Crippen LogP contribution in [0.5, 0.6) is 0 Å². The molecule has 0 saturated carbocycles. The lowest BCUT2D eigenvalue weighted by Gasteiger charge is -2.27. The Morgan fingerprint density at radius 3 is 2.62 bits per heavy atom. The highest BCUT2D eigenvalue weighted by Gasteiger charge is 2.53. The van der Waals surface area contributed by atoms with Crippen LogP contribution in [0.15, 0.2) is 29.8 Å². The number of halogens is 2. The van der Waals surface area contributed by atoms with Crippen LogP contribution in [-0.2, 0) is 34.7 Å². The molecule has 1 aromatic rings. The SMILES string of the molecule is CC(=O)OC1=C(N2CCCS2(=O)=O)OC(C)(c2cc(Cl)ccc2Cl)C1=O. The molecule has 1 saturated heterocycles. The van der Waals surface area contributed by atoms with Gasteiger partial charge in [-0.05, 0) is 31.5 Å². The maximum absolute atomic E-state index is 13.0. The van der Waals surface area contributed by atoms with Crippen molar-refractivity contribution in [2.75, 3.05) is 12.3 Å². The minimum Gasteiger partial charge on any atom is -0.456 e. The van der Waals surface area contributed by atoms with Crippen LogP contribution >= 0.6 is 23.2 Å². The van der Waals surface area contributed by atoms with E-state index in [9.17, 15) is 18.0 Å². The third kappa shape index (κ3) is 3.06. The maximum Gasteiger partial charge on any atom is 0.308 e. The normalized spacial score (nSPS) is 24.8. The molecule has 26 heavy (non-hydrogen) atoms. The van der Waals surface area contributed by atoms with Crippen molar-refractivity contribution in [1.29, 1.82) is 0 Å². The topological polar surface area (TPSA) is 90.0 Å². The lowest BCUT2D eigenvalue weighted by atomic mass is 9.91. The number of ether oxygens (including phenoxy) is 2. The van der Waals surface area contributed by atoms with Gasteiger partial charge in [0, 0.05) is 29.1 Å². The molecule has 0 N–H and O–H groups in total. The Labute approximate surface area is 160 Å². The number of carbonyl (C=O) groups is 2. The molecule has 1 atom stereocenters. The smallest absolute Gasteiger partial charge is 0.308 e. The summed E-state index contributed by atoms with van der Waals surface area (Å²) < 4.78 is 36.3. The average Bonchev–Trinajstić information content (AvgIpc) is 3.01. The summed E-state index contributed by atoms with van der Waals surface area (Å²) in [6, 6.07) is 4.49. The average molecular weight is 420 g/mol. The van der Waals surface area contributed by atoms with E-state index >= 15 is 0 Å². The van der Waals surface area contributed by atoms with Crippen LogP contribution in [0.1, 0.15) is 25.8 Å². The zero-order valence-corrected chi connectivity index (χ0v) is 16.2. The molecule has 1 aromatic carbocycles. The van der Waals surface area contributed by atoms with Gasteiger partial charge < -0.3 is 9.47 Å². The molecule has 0 radical (unpaired) electrons. The second kappa shape index (κ2) is 6.44. The quantitative estimate of drug-likeness (QED) is 0.699. The highest BCUT2D eigenvalue weighted by atomic mass is 35.5. The van der Waals surface area contributed by atoms with Gasteiger partial charge in [0.25, 0.3) is 11.7 Å². The van der Waals surface area contributed by atoms with Crippen molar-refractivity contribution in [3.63, 3.8) is 0 Å². The first-order valence-corrected chi connectivity index (χ1v) is 10.1. The highest BCUT2D eigenvalue weighted by molar-refractivity contribution is 7.89. The molecule has 1 unspecified atom stereocenters. The van der Waals surface area contributed by atoms with Crippen LogP contribution in [0.4, 0.5) is 0 Å². The van der Waals surface area contributed by atoms with E-state index in [0.717, 1.165) is 11.2 Å². The summed E-state index contributed by atoms with van der Waals surface area (Å²) in [6.45, 7) is 2.65. The molecule has 0 bridgehead atoms. The van der Waals surface area contributed by atoms with Gasteiger partial charge in [-0.1, -0.05) is 23.2 Å². The second-order valence-electron chi connectivity index (χ2n) is 6.06. The van der Waals surface area contributed by atoms with Gasteiger partial charge in [-0.3, -0.25) is 9.59 Å². The number of esters is 1. The Balaban J connectivity index is 2.13. The summed E-state index contributed by atoms with van der Waals surface area (Å²) in [5.74, 6) is -2.33. The Hall–Kier alpha value is -1.77. The lowest BCUT2D eigenvalue weighted by molar-refractivity contribution is -0.142. The van der Waals surface area contributed by atoms with E-state index in [4.69, 9.17) is 32.7 Å². The molecule has 0 aromatic heterocycles. The molecule has 2 aliphatic rings.